The summed E-state index contributed by atoms with van der Waals surface area (Å²) < 4.78 is 10.1. The summed E-state index contributed by atoms with van der Waals surface area (Å²) in [6.07, 6.45) is 1.04. The first-order chi connectivity index (χ1) is 7.09. The molecule has 0 aromatic heterocycles. The number of rotatable bonds is 7. The second-order valence-corrected chi connectivity index (χ2v) is 3.41. The fraction of sp³-hybridized carbons (Fsp3) is 0.778. The van der Waals surface area contributed by atoms with Crippen LogP contribution in [0.1, 0.15) is 13.3 Å². The summed E-state index contributed by atoms with van der Waals surface area (Å²) >= 11 is 0. The van der Waals surface area contributed by atoms with Crippen molar-refractivity contribution >= 4 is 11.9 Å². The van der Waals surface area contributed by atoms with Crippen molar-refractivity contribution in [3.05, 3.63) is 0 Å². The molecule has 6 nitrogen and oxygen atoms in total. The van der Waals surface area contributed by atoms with Crippen molar-refractivity contribution in [3.8, 4) is 0 Å². The van der Waals surface area contributed by atoms with E-state index in [4.69, 9.17) is 14.6 Å². The lowest BCUT2D eigenvalue weighted by atomic mass is 10.3. The lowest BCUT2D eigenvalue weighted by Gasteiger charge is -2.13. The predicted molar refractivity (Wildman–Crippen MR) is 50.4 cm³/mol. The molecule has 15 heavy (non-hydrogen) atoms. The standard InChI is InChI=1S/C9H15NO5/c1-6(11)10-8(9(12)13)5-14-3-2-7-4-15-7/h7-8H,2-5H2,1H3,(H,10,11)(H,12,13)/t7?,8-/m1/s1. The average Bonchev–Trinajstić information content (AvgIpc) is 2.93. The third-order valence-corrected chi connectivity index (χ3v) is 1.95. The Balaban J connectivity index is 2.12. The van der Waals surface area contributed by atoms with E-state index < -0.39 is 12.0 Å². The number of hydrogen-bond acceptors (Lipinski definition) is 4. The Morgan fingerprint density at radius 1 is 1.67 bits per heavy atom. The molecule has 1 unspecified atom stereocenters. The number of carboxylic acids is 1. The van der Waals surface area contributed by atoms with Crippen LogP contribution in [0.5, 0.6) is 0 Å². The molecule has 1 aliphatic rings. The van der Waals surface area contributed by atoms with Crippen molar-refractivity contribution in [3.63, 3.8) is 0 Å². The molecule has 0 bridgehead atoms. The van der Waals surface area contributed by atoms with Gasteiger partial charge in [0.15, 0.2) is 6.04 Å². The highest BCUT2D eigenvalue weighted by Crippen LogP contribution is 2.12. The SMILES string of the molecule is CC(=O)N[C@H](COCCC1CO1)C(=O)O. The monoisotopic (exact) mass is 217 g/mol. The first-order valence-corrected chi connectivity index (χ1v) is 4.79. The van der Waals surface area contributed by atoms with Crippen molar-refractivity contribution in [2.75, 3.05) is 19.8 Å². The molecule has 6 heteroatoms. The van der Waals surface area contributed by atoms with Crippen LogP contribution in [0.3, 0.4) is 0 Å². The van der Waals surface area contributed by atoms with Gasteiger partial charge in [-0.15, -0.1) is 0 Å². The minimum atomic E-state index is -1.09. The number of aliphatic carboxylic acids is 1. The van der Waals surface area contributed by atoms with Gasteiger partial charge in [-0.05, 0) is 6.42 Å². The van der Waals surface area contributed by atoms with Gasteiger partial charge in [0.05, 0.1) is 19.3 Å². The van der Waals surface area contributed by atoms with Crippen LogP contribution >= 0.6 is 0 Å². The molecule has 2 atom stereocenters. The van der Waals surface area contributed by atoms with E-state index in [1.807, 2.05) is 0 Å². The predicted octanol–water partition coefficient (Wildman–Crippen LogP) is -0.619. The number of carbonyl (C=O) groups excluding carboxylic acids is 1. The van der Waals surface area contributed by atoms with Gasteiger partial charge in [0.2, 0.25) is 5.91 Å². The summed E-state index contributed by atoms with van der Waals surface area (Å²) in [7, 11) is 0. The van der Waals surface area contributed by atoms with Crippen LogP contribution in [0.4, 0.5) is 0 Å². The second-order valence-electron chi connectivity index (χ2n) is 3.41. The van der Waals surface area contributed by atoms with Crippen LogP contribution in [0.25, 0.3) is 0 Å². The molecule has 0 radical (unpaired) electrons. The van der Waals surface area contributed by atoms with E-state index >= 15 is 0 Å². The van der Waals surface area contributed by atoms with E-state index in [1.165, 1.54) is 6.92 Å². The van der Waals surface area contributed by atoms with Crippen LogP contribution in [-0.4, -0.2) is 48.9 Å². The average molecular weight is 217 g/mol. The van der Waals surface area contributed by atoms with Crippen LogP contribution in [0.2, 0.25) is 0 Å². The van der Waals surface area contributed by atoms with Gasteiger partial charge in [-0.1, -0.05) is 0 Å². The smallest absolute Gasteiger partial charge is 0.328 e. The zero-order chi connectivity index (χ0) is 11.3. The van der Waals surface area contributed by atoms with Crippen molar-refractivity contribution in [1.82, 2.24) is 5.32 Å². The lowest BCUT2D eigenvalue weighted by Crippen LogP contribution is -2.43. The van der Waals surface area contributed by atoms with E-state index in [0.717, 1.165) is 13.0 Å². The zero-order valence-corrected chi connectivity index (χ0v) is 8.56. The third-order valence-electron chi connectivity index (χ3n) is 1.95. The minimum absolute atomic E-state index is 0.0123. The van der Waals surface area contributed by atoms with Crippen LogP contribution in [0, 0.1) is 0 Å². The molecule has 1 aliphatic heterocycles. The van der Waals surface area contributed by atoms with E-state index in [2.05, 4.69) is 5.32 Å². The van der Waals surface area contributed by atoms with Crippen LogP contribution in [-0.2, 0) is 19.1 Å². The molecule has 0 aromatic carbocycles. The molecule has 1 heterocycles. The lowest BCUT2D eigenvalue weighted by molar-refractivity contribution is -0.143. The van der Waals surface area contributed by atoms with E-state index in [1.54, 1.807) is 0 Å². The minimum Gasteiger partial charge on any atom is -0.480 e. The molecular weight excluding hydrogens is 202 g/mol. The largest absolute Gasteiger partial charge is 0.480 e. The number of carboxylic acid groups (broad SMARTS) is 1. The summed E-state index contributed by atoms with van der Waals surface area (Å²) in [6, 6.07) is -0.970. The molecule has 0 aromatic rings. The van der Waals surface area contributed by atoms with Crippen molar-refractivity contribution < 1.29 is 24.2 Å². The molecule has 0 aliphatic carbocycles. The molecule has 1 fully saturated rings. The summed E-state index contributed by atoms with van der Waals surface area (Å²) in [4.78, 5) is 21.3. The fourth-order valence-electron chi connectivity index (χ4n) is 1.07. The number of ether oxygens (including phenoxy) is 2. The highest BCUT2D eigenvalue weighted by atomic mass is 16.6. The van der Waals surface area contributed by atoms with Gasteiger partial charge in [0.25, 0.3) is 0 Å². The van der Waals surface area contributed by atoms with Gasteiger partial charge in [0, 0.05) is 13.5 Å². The summed E-state index contributed by atoms with van der Waals surface area (Å²) in [5.41, 5.74) is 0. The molecular formula is C9H15NO5. The number of amides is 1. The van der Waals surface area contributed by atoms with Crippen molar-refractivity contribution in [1.29, 1.82) is 0 Å². The van der Waals surface area contributed by atoms with Crippen LogP contribution in [0.15, 0.2) is 0 Å². The maximum atomic E-state index is 10.7. The van der Waals surface area contributed by atoms with E-state index in [0.29, 0.717) is 6.61 Å². The van der Waals surface area contributed by atoms with E-state index in [9.17, 15) is 9.59 Å². The quantitative estimate of drug-likeness (QED) is 0.438. The molecule has 1 saturated heterocycles. The molecule has 1 amide bonds. The Labute approximate surface area is 87.5 Å². The Hall–Kier alpha value is -1.14. The molecule has 0 saturated carbocycles. The summed E-state index contributed by atoms with van der Waals surface area (Å²) in [6.45, 7) is 2.47. The topological polar surface area (TPSA) is 88.2 Å². The summed E-state index contributed by atoms with van der Waals surface area (Å²) in [5, 5.41) is 11.0. The first kappa shape index (κ1) is 11.9. The van der Waals surface area contributed by atoms with Gasteiger partial charge in [0.1, 0.15) is 0 Å². The number of hydrogen-bond donors (Lipinski definition) is 2. The Morgan fingerprint density at radius 2 is 2.33 bits per heavy atom. The number of epoxide rings is 1. The van der Waals surface area contributed by atoms with Gasteiger partial charge in [-0.2, -0.15) is 0 Å². The maximum Gasteiger partial charge on any atom is 0.328 e. The zero-order valence-electron chi connectivity index (χ0n) is 8.56. The molecule has 2 N–H and O–H groups in total. The van der Waals surface area contributed by atoms with Gasteiger partial charge < -0.3 is 19.9 Å². The fourth-order valence-corrected chi connectivity index (χ4v) is 1.07. The van der Waals surface area contributed by atoms with Crippen molar-refractivity contribution in [2.24, 2.45) is 0 Å². The van der Waals surface area contributed by atoms with E-state index in [-0.39, 0.29) is 18.6 Å². The maximum absolute atomic E-state index is 10.7. The van der Waals surface area contributed by atoms with Crippen LogP contribution < -0.4 is 5.32 Å². The van der Waals surface area contributed by atoms with Gasteiger partial charge >= 0.3 is 5.97 Å². The van der Waals surface area contributed by atoms with Crippen molar-refractivity contribution in [2.45, 2.75) is 25.5 Å². The normalized spacial score (nSPS) is 20.7. The third kappa shape index (κ3) is 5.34. The summed E-state index contributed by atoms with van der Waals surface area (Å²) in [5.74, 6) is -1.47. The highest BCUT2D eigenvalue weighted by molar-refractivity contribution is 5.82. The molecule has 1 rings (SSSR count). The highest BCUT2D eigenvalue weighted by Gasteiger charge is 2.23. The number of carbonyl (C=O) groups is 2. The first-order valence-electron chi connectivity index (χ1n) is 4.79. The van der Waals surface area contributed by atoms with Gasteiger partial charge in [-0.25, -0.2) is 4.79 Å². The number of nitrogens with one attached hydrogen (secondary N) is 1. The van der Waals surface area contributed by atoms with Gasteiger partial charge in [-0.3, -0.25) is 4.79 Å². The molecule has 0 spiro atoms. The Morgan fingerprint density at radius 3 is 2.80 bits per heavy atom. The Kier molecular flexibility index (Phi) is 4.51. The molecule has 86 valence electrons. The second kappa shape index (κ2) is 5.67. The Bertz CT molecular complexity index is 239.